The smallest absolute Gasteiger partial charge is 0.303 e. The largest absolute Gasteiger partial charge is 0.458 e. The van der Waals surface area contributed by atoms with Crippen molar-refractivity contribution >= 4 is 17.9 Å². The molecule has 1 fully saturated rings. The van der Waals surface area contributed by atoms with Gasteiger partial charge >= 0.3 is 17.9 Å². The van der Waals surface area contributed by atoms with Gasteiger partial charge in [-0.3, -0.25) is 14.4 Å². The number of carbonyl (C=O) groups excluding carboxylic acids is 3. The van der Waals surface area contributed by atoms with E-state index in [1.165, 1.54) is 20.8 Å². The summed E-state index contributed by atoms with van der Waals surface area (Å²) in [6.07, 6.45) is -1.29. The van der Waals surface area contributed by atoms with E-state index in [0.29, 0.717) is 6.42 Å². The van der Waals surface area contributed by atoms with Crippen LogP contribution in [0.1, 0.15) is 60.8 Å². The van der Waals surface area contributed by atoms with Crippen LogP contribution in [0.5, 0.6) is 0 Å². The Labute approximate surface area is 154 Å². The van der Waals surface area contributed by atoms with Crippen molar-refractivity contribution in [3.05, 3.63) is 0 Å². The molecule has 8 nitrogen and oxygen atoms in total. The summed E-state index contributed by atoms with van der Waals surface area (Å²) in [6, 6.07) is 0. The van der Waals surface area contributed by atoms with Gasteiger partial charge in [-0.05, 0) is 26.7 Å². The molecule has 0 N–H and O–H groups in total. The van der Waals surface area contributed by atoms with E-state index in [0.717, 1.165) is 12.8 Å². The number of hydrogen-bond donors (Lipinski definition) is 0. The minimum atomic E-state index is -0.991. The summed E-state index contributed by atoms with van der Waals surface area (Å²) in [5.74, 6) is -2.49. The van der Waals surface area contributed by atoms with Crippen molar-refractivity contribution in [2.24, 2.45) is 0 Å². The van der Waals surface area contributed by atoms with Crippen molar-refractivity contribution in [3.8, 4) is 0 Å². The molecular formula is C18H30O8. The van der Waals surface area contributed by atoms with Crippen molar-refractivity contribution < 1.29 is 38.1 Å². The first kappa shape index (κ1) is 22.4. The number of esters is 3. The molecule has 1 saturated heterocycles. The molecule has 0 aliphatic carbocycles. The van der Waals surface area contributed by atoms with Gasteiger partial charge in [-0.1, -0.05) is 13.3 Å². The Morgan fingerprint density at radius 3 is 2.04 bits per heavy atom. The Hall–Kier alpha value is -1.67. The SMILES string of the molecule is CCCC[C@H](OC(C)=O)[C@@H](OC(C)=O)[C@H](OC(C)=O)[C@@H]1COC(C)(C)O1. The van der Waals surface area contributed by atoms with Crippen LogP contribution in [0.3, 0.4) is 0 Å². The fourth-order valence-electron chi connectivity index (χ4n) is 2.88. The van der Waals surface area contributed by atoms with Gasteiger partial charge < -0.3 is 23.7 Å². The number of carbonyl (C=O) groups is 3. The second-order valence-electron chi connectivity index (χ2n) is 6.81. The maximum absolute atomic E-state index is 11.7. The Balaban J connectivity index is 3.15. The maximum Gasteiger partial charge on any atom is 0.303 e. The molecular weight excluding hydrogens is 344 g/mol. The molecule has 150 valence electrons. The van der Waals surface area contributed by atoms with Crippen LogP contribution >= 0.6 is 0 Å². The first-order valence-corrected chi connectivity index (χ1v) is 8.89. The Morgan fingerprint density at radius 1 is 1.04 bits per heavy atom. The van der Waals surface area contributed by atoms with Gasteiger partial charge in [0.2, 0.25) is 0 Å². The van der Waals surface area contributed by atoms with E-state index in [1.807, 2.05) is 6.92 Å². The molecule has 0 aromatic carbocycles. The van der Waals surface area contributed by atoms with Gasteiger partial charge in [-0.2, -0.15) is 0 Å². The van der Waals surface area contributed by atoms with Crippen LogP contribution in [0.2, 0.25) is 0 Å². The molecule has 0 saturated carbocycles. The van der Waals surface area contributed by atoms with Crippen LogP contribution in [0, 0.1) is 0 Å². The van der Waals surface area contributed by atoms with E-state index < -0.39 is 48.1 Å². The van der Waals surface area contributed by atoms with Crippen LogP contribution in [-0.2, 0) is 38.1 Å². The lowest BCUT2D eigenvalue weighted by Crippen LogP contribution is -2.51. The van der Waals surface area contributed by atoms with E-state index in [9.17, 15) is 14.4 Å². The summed E-state index contributed by atoms with van der Waals surface area (Å²) in [6.45, 7) is 9.40. The molecule has 1 heterocycles. The maximum atomic E-state index is 11.7. The summed E-state index contributed by atoms with van der Waals surface area (Å²) < 4.78 is 27.6. The van der Waals surface area contributed by atoms with Crippen molar-refractivity contribution in [1.29, 1.82) is 0 Å². The highest BCUT2D eigenvalue weighted by Crippen LogP contribution is 2.30. The second kappa shape index (κ2) is 9.87. The third-order valence-electron chi connectivity index (χ3n) is 3.85. The van der Waals surface area contributed by atoms with Crippen molar-refractivity contribution in [2.45, 2.75) is 91.0 Å². The van der Waals surface area contributed by atoms with Gasteiger partial charge in [0, 0.05) is 20.8 Å². The first-order valence-electron chi connectivity index (χ1n) is 8.89. The summed E-state index contributed by atoms with van der Waals surface area (Å²) >= 11 is 0. The monoisotopic (exact) mass is 374 g/mol. The first-order chi connectivity index (χ1) is 12.1. The highest BCUT2D eigenvalue weighted by molar-refractivity contribution is 5.68. The van der Waals surface area contributed by atoms with Gasteiger partial charge in [0.1, 0.15) is 12.2 Å². The topological polar surface area (TPSA) is 97.4 Å². The fraction of sp³-hybridized carbons (Fsp3) is 0.833. The summed E-state index contributed by atoms with van der Waals surface area (Å²) in [5.41, 5.74) is 0. The van der Waals surface area contributed by atoms with Crippen LogP contribution < -0.4 is 0 Å². The molecule has 1 aliphatic heterocycles. The predicted octanol–water partition coefficient (Wildman–Crippen LogP) is 2.12. The molecule has 0 spiro atoms. The van der Waals surface area contributed by atoms with Gasteiger partial charge in [-0.15, -0.1) is 0 Å². The second-order valence-corrected chi connectivity index (χ2v) is 6.81. The van der Waals surface area contributed by atoms with Gasteiger partial charge in [0.05, 0.1) is 6.61 Å². The van der Waals surface area contributed by atoms with Crippen LogP contribution in [0.25, 0.3) is 0 Å². The third kappa shape index (κ3) is 7.29. The number of rotatable bonds is 9. The summed E-state index contributed by atoms with van der Waals surface area (Å²) in [7, 11) is 0. The number of hydrogen-bond acceptors (Lipinski definition) is 8. The van der Waals surface area contributed by atoms with Crippen molar-refractivity contribution in [3.63, 3.8) is 0 Å². The Morgan fingerprint density at radius 2 is 1.62 bits per heavy atom. The molecule has 0 bridgehead atoms. The van der Waals surface area contributed by atoms with E-state index in [4.69, 9.17) is 23.7 Å². The molecule has 0 amide bonds. The van der Waals surface area contributed by atoms with Crippen molar-refractivity contribution in [2.75, 3.05) is 6.61 Å². The van der Waals surface area contributed by atoms with Crippen molar-refractivity contribution in [1.82, 2.24) is 0 Å². The Bertz CT molecular complexity index is 501. The number of unbranched alkanes of at least 4 members (excludes halogenated alkanes) is 1. The van der Waals surface area contributed by atoms with E-state index in [2.05, 4.69) is 0 Å². The van der Waals surface area contributed by atoms with Crippen LogP contribution in [0.15, 0.2) is 0 Å². The Kier molecular flexibility index (Phi) is 8.49. The van der Waals surface area contributed by atoms with Crippen LogP contribution in [0.4, 0.5) is 0 Å². The van der Waals surface area contributed by atoms with Gasteiger partial charge in [-0.25, -0.2) is 0 Å². The lowest BCUT2D eigenvalue weighted by molar-refractivity contribution is -0.203. The van der Waals surface area contributed by atoms with Gasteiger partial charge in [0.15, 0.2) is 18.0 Å². The van der Waals surface area contributed by atoms with E-state index >= 15 is 0 Å². The molecule has 8 heteroatoms. The summed E-state index contributed by atoms with van der Waals surface area (Å²) in [5, 5.41) is 0. The molecule has 0 aromatic rings. The highest BCUT2D eigenvalue weighted by Gasteiger charge is 2.47. The lowest BCUT2D eigenvalue weighted by atomic mass is 9.98. The zero-order chi connectivity index (χ0) is 19.9. The molecule has 4 atom stereocenters. The zero-order valence-corrected chi connectivity index (χ0v) is 16.4. The zero-order valence-electron chi connectivity index (χ0n) is 16.4. The molecule has 0 unspecified atom stereocenters. The van der Waals surface area contributed by atoms with E-state index in [-0.39, 0.29) is 6.61 Å². The van der Waals surface area contributed by atoms with Gasteiger partial charge in [0.25, 0.3) is 0 Å². The lowest BCUT2D eigenvalue weighted by Gasteiger charge is -2.34. The molecule has 0 radical (unpaired) electrons. The molecule has 0 aromatic heterocycles. The minimum Gasteiger partial charge on any atom is -0.458 e. The molecule has 1 rings (SSSR count). The molecule has 26 heavy (non-hydrogen) atoms. The third-order valence-corrected chi connectivity index (χ3v) is 3.85. The summed E-state index contributed by atoms with van der Waals surface area (Å²) in [4.78, 5) is 34.9. The highest BCUT2D eigenvalue weighted by atomic mass is 16.8. The standard InChI is InChI=1S/C18H30O8/c1-7-8-9-14(23-11(2)19)16(24-12(3)20)17(25-13(4)21)15-10-22-18(5,6)26-15/h14-17H,7-10H2,1-6H3/t14-,15-,16+,17+/m0/s1. The normalized spacial score (nSPS) is 22.2. The van der Waals surface area contributed by atoms with Crippen LogP contribution in [-0.4, -0.2) is 54.7 Å². The fourth-order valence-corrected chi connectivity index (χ4v) is 2.88. The average Bonchev–Trinajstić information content (AvgIpc) is 2.86. The average molecular weight is 374 g/mol. The quantitative estimate of drug-likeness (QED) is 0.447. The number of ether oxygens (including phenoxy) is 5. The van der Waals surface area contributed by atoms with E-state index in [1.54, 1.807) is 13.8 Å². The minimum absolute atomic E-state index is 0.156. The molecule has 1 aliphatic rings. The predicted molar refractivity (Wildman–Crippen MR) is 91.1 cm³/mol.